The van der Waals surface area contributed by atoms with E-state index in [2.05, 4.69) is 18.5 Å². The SMILES string of the molecule is CCC(CSC)NC(=O)N1CCCC1CC(O)c1cccs1. The van der Waals surface area contributed by atoms with Crippen molar-refractivity contribution in [2.45, 2.75) is 50.8 Å². The first-order chi connectivity index (χ1) is 10.7. The van der Waals surface area contributed by atoms with Gasteiger partial charge in [-0.3, -0.25) is 0 Å². The molecule has 1 fully saturated rings. The van der Waals surface area contributed by atoms with Crippen LogP contribution in [0.25, 0.3) is 0 Å². The van der Waals surface area contributed by atoms with Crippen LogP contribution in [0.3, 0.4) is 0 Å². The summed E-state index contributed by atoms with van der Waals surface area (Å²) >= 11 is 3.33. The molecule has 124 valence electrons. The Labute approximate surface area is 141 Å². The van der Waals surface area contributed by atoms with E-state index < -0.39 is 6.10 Å². The van der Waals surface area contributed by atoms with E-state index in [4.69, 9.17) is 0 Å². The molecule has 2 amide bonds. The summed E-state index contributed by atoms with van der Waals surface area (Å²) in [7, 11) is 0. The molecule has 4 nitrogen and oxygen atoms in total. The van der Waals surface area contributed by atoms with E-state index >= 15 is 0 Å². The Morgan fingerprint density at radius 2 is 2.45 bits per heavy atom. The number of hydrogen-bond acceptors (Lipinski definition) is 4. The summed E-state index contributed by atoms with van der Waals surface area (Å²) in [4.78, 5) is 15.4. The minimum atomic E-state index is -0.466. The molecule has 0 spiro atoms. The Morgan fingerprint density at radius 3 is 3.09 bits per heavy atom. The molecule has 0 radical (unpaired) electrons. The van der Waals surface area contributed by atoms with Crippen LogP contribution >= 0.6 is 23.1 Å². The van der Waals surface area contributed by atoms with Gasteiger partial charge in [-0.15, -0.1) is 11.3 Å². The molecule has 1 aromatic rings. The Bertz CT molecular complexity index is 453. The molecule has 6 heteroatoms. The van der Waals surface area contributed by atoms with Crippen LogP contribution in [0.2, 0.25) is 0 Å². The lowest BCUT2D eigenvalue weighted by Crippen LogP contribution is -2.47. The number of likely N-dealkylation sites (tertiary alicyclic amines) is 1. The second-order valence-corrected chi connectivity index (χ2v) is 7.66. The van der Waals surface area contributed by atoms with Crippen molar-refractivity contribution in [3.63, 3.8) is 0 Å². The summed E-state index contributed by atoms with van der Waals surface area (Å²) in [5, 5.41) is 15.4. The quantitative estimate of drug-likeness (QED) is 0.797. The topological polar surface area (TPSA) is 52.6 Å². The van der Waals surface area contributed by atoms with Crippen LogP contribution in [0, 0.1) is 0 Å². The molecule has 3 atom stereocenters. The normalized spacial score (nSPS) is 20.9. The van der Waals surface area contributed by atoms with Gasteiger partial charge in [0.05, 0.1) is 6.10 Å². The molecular weight excluding hydrogens is 316 g/mol. The fraction of sp³-hybridized carbons (Fsp3) is 0.688. The van der Waals surface area contributed by atoms with Gasteiger partial charge in [0.15, 0.2) is 0 Å². The number of thioether (sulfide) groups is 1. The molecule has 1 aliphatic rings. The fourth-order valence-corrected chi connectivity index (χ4v) is 4.37. The lowest BCUT2D eigenvalue weighted by Gasteiger charge is -2.28. The molecule has 22 heavy (non-hydrogen) atoms. The summed E-state index contributed by atoms with van der Waals surface area (Å²) in [5.41, 5.74) is 0. The van der Waals surface area contributed by atoms with Crippen LogP contribution in [0.1, 0.15) is 43.6 Å². The van der Waals surface area contributed by atoms with Crippen LogP contribution in [0.5, 0.6) is 0 Å². The van der Waals surface area contributed by atoms with E-state index in [1.54, 1.807) is 23.1 Å². The number of nitrogens with zero attached hydrogens (tertiary/aromatic N) is 1. The number of hydrogen-bond donors (Lipinski definition) is 2. The highest BCUT2D eigenvalue weighted by molar-refractivity contribution is 7.98. The van der Waals surface area contributed by atoms with Gasteiger partial charge in [-0.25, -0.2) is 4.79 Å². The highest BCUT2D eigenvalue weighted by atomic mass is 32.2. The standard InChI is InChI=1S/C16H26N2O2S2/c1-3-12(11-21-2)17-16(20)18-8-4-6-13(18)10-14(19)15-7-5-9-22-15/h5,7,9,12-14,19H,3-4,6,8,10-11H2,1-2H3,(H,17,20). The van der Waals surface area contributed by atoms with Gasteiger partial charge in [-0.2, -0.15) is 11.8 Å². The van der Waals surface area contributed by atoms with E-state index in [9.17, 15) is 9.90 Å². The van der Waals surface area contributed by atoms with Gasteiger partial charge in [0.1, 0.15) is 0 Å². The molecule has 3 unspecified atom stereocenters. The van der Waals surface area contributed by atoms with Crippen molar-refractivity contribution in [3.05, 3.63) is 22.4 Å². The number of nitrogens with one attached hydrogen (secondary N) is 1. The number of rotatable bonds is 7. The van der Waals surface area contributed by atoms with Gasteiger partial charge < -0.3 is 15.3 Å². The van der Waals surface area contributed by atoms with Crippen molar-refractivity contribution in [3.8, 4) is 0 Å². The zero-order valence-corrected chi connectivity index (χ0v) is 15.0. The summed E-state index contributed by atoms with van der Waals surface area (Å²) in [6.07, 6.45) is 5.18. The molecule has 0 bridgehead atoms. The maximum atomic E-state index is 12.5. The zero-order valence-electron chi connectivity index (χ0n) is 13.3. The molecule has 1 aromatic heterocycles. The number of thiophene rings is 1. The average molecular weight is 343 g/mol. The van der Waals surface area contributed by atoms with Crippen LogP contribution in [-0.2, 0) is 0 Å². The zero-order chi connectivity index (χ0) is 15.9. The first-order valence-corrected chi connectivity index (χ1v) is 10.2. The monoisotopic (exact) mass is 342 g/mol. The number of amides is 2. The molecule has 2 rings (SSSR count). The maximum absolute atomic E-state index is 12.5. The van der Waals surface area contributed by atoms with Gasteiger partial charge in [-0.1, -0.05) is 13.0 Å². The third-order valence-corrected chi connectivity index (χ3v) is 5.90. The predicted molar refractivity (Wildman–Crippen MR) is 94.6 cm³/mol. The third-order valence-electron chi connectivity index (χ3n) is 4.19. The average Bonchev–Trinajstić information content (AvgIpc) is 3.17. The van der Waals surface area contributed by atoms with E-state index in [-0.39, 0.29) is 18.1 Å². The number of aliphatic hydroxyl groups excluding tert-OH is 1. The molecule has 1 saturated heterocycles. The Morgan fingerprint density at radius 1 is 1.64 bits per heavy atom. The minimum Gasteiger partial charge on any atom is -0.387 e. The van der Waals surface area contributed by atoms with Crippen molar-refractivity contribution in [1.29, 1.82) is 0 Å². The Balaban J connectivity index is 1.90. The van der Waals surface area contributed by atoms with E-state index in [0.717, 1.165) is 36.4 Å². The minimum absolute atomic E-state index is 0.0294. The van der Waals surface area contributed by atoms with Gasteiger partial charge in [0.25, 0.3) is 0 Å². The van der Waals surface area contributed by atoms with Gasteiger partial charge in [-0.05, 0) is 43.4 Å². The number of aliphatic hydroxyl groups is 1. The summed E-state index contributed by atoms with van der Waals surface area (Å²) in [6, 6.07) is 4.31. The van der Waals surface area contributed by atoms with Crippen molar-refractivity contribution in [2.24, 2.45) is 0 Å². The van der Waals surface area contributed by atoms with Gasteiger partial charge in [0, 0.05) is 29.3 Å². The second-order valence-electron chi connectivity index (χ2n) is 5.77. The van der Waals surface area contributed by atoms with Crippen molar-refractivity contribution in [1.82, 2.24) is 10.2 Å². The largest absolute Gasteiger partial charge is 0.387 e. The Kier molecular flexibility index (Phi) is 7.05. The lowest BCUT2D eigenvalue weighted by molar-refractivity contribution is 0.128. The third kappa shape index (κ3) is 4.64. The summed E-state index contributed by atoms with van der Waals surface area (Å²) in [5.74, 6) is 0.943. The van der Waals surface area contributed by atoms with Crippen LogP contribution in [0.15, 0.2) is 17.5 Å². The van der Waals surface area contributed by atoms with Crippen LogP contribution in [-0.4, -0.2) is 46.7 Å². The predicted octanol–water partition coefficient (Wildman–Crippen LogP) is 3.49. The highest BCUT2D eigenvalue weighted by Crippen LogP contribution is 2.29. The highest BCUT2D eigenvalue weighted by Gasteiger charge is 2.31. The van der Waals surface area contributed by atoms with Crippen molar-refractivity contribution < 1.29 is 9.90 Å². The van der Waals surface area contributed by atoms with E-state index in [1.165, 1.54) is 0 Å². The first kappa shape index (κ1) is 17.6. The second kappa shape index (κ2) is 8.79. The smallest absolute Gasteiger partial charge is 0.317 e. The molecule has 2 heterocycles. The Hall–Kier alpha value is -0.720. The number of urea groups is 1. The van der Waals surface area contributed by atoms with Crippen LogP contribution < -0.4 is 5.32 Å². The van der Waals surface area contributed by atoms with Gasteiger partial charge in [0.2, 0.25) is 0 Å². The molecule has 0 aromatic carbocycles. The number of carbonyl (C=O) groups is 1. The summed E-state index contributed by atoms with van der Waals surface area (Å²) in [6.45, 7) is 2.90. The lowest BCUT2D eigenvalue weighted by atomic mass is 10.1. The summed E-state index contributed by atoms with van der Waals surface area (Å²) < 4.78 is 0. The molecule has 1 aliphatic heterocycles. The molecule has 2 N–H and O–H groups in total. The number of carbonyl (C=O) groups excluding carboxylic acids is 1. The molecule has 0 aliphatic carbocycles. The van der Waals surface area contributed by atoms with Crippen molar-refractivity contribution in [2.75, 3.05) is 18.6 Å². The molecular formula is C16H26N2O2S2. The van der Waals surface area contributed by atoms with Crippen LogP contribution in [0.4, 0.5) is 4.79 Å². The molecule has 0 saturated carbocycles. The van der Waals surface area contributed by atoms with E-state index in [1.807, 2.05) is 22.4 Å². The van der Waals surface area contributed by atoms with Crippen molar-refractivity contribution >= 4 is 29.1 Å². The fourth-order valence-electron chi connectivity index (χ4n) is 2.92. The van der Waals surface area contributed by atoms with E-state index in [0.29, 0.717) is 6.42 Å². The first-order valence-electron chi connectivity index (χ1n) is 7.93. The van der Waals surface area contributed by atoms with Gasteiger partial charge >= 0.3 is 6.03 Å². The maximum Gasteiger partial charge on any atom is 0.317 e.